The molecule has 0 aliphatic carbocycles. The predicted octanol–water partition coefficient (Wildman–Crippen LogP) is 3.87. The van der Waals surface area contributed by atoms with Gasteiger partial charge < -0.3 is 10.6 Å². The number of aryl methyl sites for hydroxylation is 1. The van der Waals surface area contributed by atoms with Crippen molar-refractivity contribution in [3.05, 3.63) is 74.8 Å². The number of hydrogen-bond donors (Lipinski definition) is 2. The first kappa shape index (κ1) is 17.9. The van der Waals surface area contributed by atoms with Gasteiger partial charge in [-0.3, -0.25) is 4.79 Å². The molecule has 24 heavy (non-hydrogen) atoms. The van der Waals surface area contributed by atoms with Crippen molar-refractivity contribution in [1.29, 1.82) is 5.26 Å². The molecule has 2 aromatic rings. The number of hydrogen-bond acceptors (Lipinski definition) is 3. The van der Waals surface area contributed by atoms with Crippen LogP contribution >= 0.6 is 22.6 Å². The molecule has 0 unspecified atom stereocenters. The number of nitrogens with one attached hydrogen (secondary N) is 2. The van der Waals surface area contributed by atoms with Gasteiger partial charge in [0, 0.05) is 22.0 Å². The summed E-state index contributed by atoms with van der Waals surface area (Å²) in [6.07, 6.45) is 1.36. The summed E-state index contributed by atoms with van der Waals surface area (Å²) in [5, 5.41) is 14.8. The Bertz CT molecular complexity index is 810. The Morgan fingerprint density at radius 2 is 2.00 bits per heavy atom. The van der Waals surface area contributed by atoms with Gasteiger partial charge in [-0.1, -0.05) is 12.1 Å². The van der Waals surface area contributed by atoms with Crippen molar-refractivity contribution < 1.29 is 9.18 Å². The van der Waals surface area contributed by atoms with Crippen molar-refractivity contribution in [2.75, 3.05) is 5.32 Å². The molecule has 122 valence electrons. The lowest BCUT2D eigenvalue weighted by Gasteiger charge is -2.08. The minimum absolute atomic E-state index is 0.0324. The van der Waals surface area contributed by atoms with Gasteiger partial charge in [-0.2, -0.15) is 5.26 Å². The summed E-state index contributed by atoms with van der Waals surface area (Å²) in [6.45, 7) is 2.28. The number of carbonyl (C=O) groups is 1. The van der Waals surface area contributed by atoms with Gasteiger partial charge in [-0.05, 0) is 71.0 Å². The van der Waals surface area contributed by atoms with E-state index in [1.807, 2.05) is 25.1 Å². The first-order valence-electron chi connectivity index (χ1n) is 7.15. The molecule has 0 radical (unpaired) electrons. The van der Waals surface area contributed by atoms with Gasteiger partial charge in [-0.25, -0.2) is 4.39 Å². The molecule has 1 amide bonds. The number of benzene rings is 2. The molecular formula is C18H15FIN3O. The van der Waals surface area contributed by atoms with Crippen LogP contribution in [-0.2, 0) is 11.3 Å². The fourth-order valence-corrected chi connectivity index (χ4v) is 2.63. The normalized spacial score (nSPS) is 10.8. The van der Waals surface area contributed by atoms with Gasteiger partial charge in [0.05, 0.1) is 0 Å². The maximum atomic E-state index is 12.8. The van der Waals surface area contributed by atoms with Gasteiger partial charge in [0.1, 0.15) is 17.5 Å². The molecule has 4 nitrogen and oxygen atoms in total. The van der Waals surface area contributed by atoms with Crippen molar-refractivity contribution in [2.45, 2.75) is 13.5 Å². The molecule has 0 bridgehead atoms. The predicted molar refractivity (Wildman–Crippen MR) is 99.5 cm³/mol. The Morgan fingerprint density at radius 1 is 1.29 bits per heavy atom. The molecule has 0 saturated heterocycles. The van der Waals surface area contributed by atoms with E-state index in [1.54, 1.807) is 18.2 Å². The lowest BCUT2D eigenvalue weighted by molar-refractivity contribution is -0.112. The van der Waals surface area contributed by atoms with E-state index in [4.69, 9.17) is 5.26 Å². The van der Waals surface area contributed by atoms with E-state index in [0.29, 0.717) is 12.2 Å². The minimum atomic E-state index is -0.478. The highest BCUT2D eigenvalue weighted by Crippen LogP contribution is 2.18. The van der Waals surface area contributed by atoms with Crippen LogP contribution in [0, 0.1) is 27.6 Å². The molecular weight excluding hydrogens is 420 g/mol. The molecule has 2 N–H and O–H groups in total. The fraction of sp³-hybridized carbons (Fsp3) is 0.111. The zero-order chi connectivity index (χ0) is 17.5. The summed E-state index contributed by atoms with van der Waals surface area (Å²) >= 11 is 2.19. The molecule has 0 aliphatic rings. The highest BCUT2D eigenvalue weighted by Gasteiger charge is 2.10. The smallest absolute Gasteiger partial charge is 0.267 e. The van der Waals surface area contributed by atoms with Gasteiger partial charge in [0.25, 0.3) is 5.91 Å². The number of carbonyl (C=O) groups excluding carboxylic acids is 1. The standard InChI is InChI=1S/C18H15FIN3O/c1-12-8-16(20)6-7-17(12)23-18(24)14(9-21)11-22-10-13-2-4-15(19)5-3-13/h2-8,11,22H,10H2,1H3,(H,23,24)/b14-11-. The van der Waals surface area contributed by atoms with Crippen LogP contribution in [0.3, 0.4) is 0 Å². The monoisotopic (exact) mass is 435 g/mol. The second-order valence-electron chi connectivity index (χ2n) is 5.09. The van der Waals surface area contributed by atoms with E-state index in [0.717, 1.165) is 14.7 Å². The highest BCUT2D eigenvalue weighted by atomic mass is 127. The fourth-order valence-electron chi connectivity index (χ4n) is 1.98. The van der Waals surface area contributed by atoms with E-state index in [2.05, 4.69) is 33.2 Å². The maximum Gasteiger partial charge on any atom is 0.267 e. The topological polar surface area (TPSA) is 64.9 Å². The van der Waals surface area contributed by atoms with Gasteiger partial charge in [0.2, 0.25) is 0 Å². The van der Waals surface area contributed by atoms with E-state index >= 15 is 0 Å². The second kappa shape index (κ2) is 8.45. The van der Waals surface area contributed by atoms with Crippen molar-refractivity contribution in [1.82, 2.24) is 5.32 Å². The number of amides is 1. The third-order valence-corrected chi connectivity index (χ3v) is 3.94. The zero-order valence-corrected chi connectivity index (χ0v) is 15.1. The van der Waals surface area contributed by atoms with Crippen LogP contribution in [0.25, 0.3) is 0 Å². The molecule has 0 saturated carbocycles. The largest absolute Gasteiger partial charge is 0.386 e. The van der Waals surface area contributed by atoms with E-state index < -0.39 is 5.91 Å². The van der Waals surface area contributed by atoms with Crippen LogP contribution in [-0.4, -0.2) is 5.91 Å². The Hall–Kier alpha value is -2.40. The maximum absolute atomic E-state index is 12.8. The van der Waals surface area contributed by atoms with E-state index in [-0.39, 0.29) is 11.4 Å². The quantitative estimate of drug-likeness (QED) is 0.426. The Labute approximate surface area is 153 Å². The van der Waals surface area contributed by atoms with Crippen molar-refractivity contribution in [2.24, 2.45) is 0 Å². The minimum Gasteiger partial charge on any atom is -0.386 e. The number of nitrogens with zero attached hydrogens (tertiary/aromatic N) is 1. The lowest BCUT2D eigenvalue weighted by atomic mass is 10.2. The third kappa shape index (κ3) is 5.06. The van der Waals surface area contributed by atoms with Crippen LogP contribution < -0.4 is 10.6 Å². The SMILES string of the molecule is Cc1cc(I)ccc1NC(=O)/C(C#N)=C\NCc1ccc(F)cc1. The van der Waals surface area contributed by atoms with Gasteiger partial charge in [0.15, 0.2) is 0 Å². The van der Waals surface area contributed by atoms with Crippen molar-refractivity contribution >= 4 is 34.2 Å². The number of rotatable bonds is 5. The summed E-state index contributed by atoms with van der Waals surface area (Å²) in [4.78, 5) is 12.2. The molecule has 2 aromatic carbocycles. The summed E-state index contributed by atoms with van der Waals surface area (Å²) in [5.41, 5.74) is 2.40. The average molecular weight is 435 g/mol. The van der Waals surface area contributed by atoms with Crippen molar-refractivity contribution in [3.8, 4) is 6.07 Å². The second-order valence-corrected chi connectivity index (χ2v) is 6.34. The van der Waals surface area contributed by atoms with Gasteiger partial charge >= 0.3 is 0 Å². The van der Waals surface area contributed by atoms with Crippen molar-refractivity contribution in [3.63, 3.8) is 0 Å². The molecule has 0 fully saturated rings. The molecule has 0 spiro atoms. The molecule has 0 heterocycles. The molecule has 2 rings (SSSR count). The Kier molecular flexibility index (Phi) is 6.32. The first-order valence-corrected chi connectivity index (χ1v) is 8.23. The van der Waals surface area contributed by atoms with Crippen LogP contribution in [0.15, 0.2) is 54.2 Å². The van der Waals surface area contributed by atoms with Crippen LogP contribution in [0.1, 0.15) is 11.1 Å². The summed E-state index contributed by atoms with van der Waals surface area (Å²) in [6, 6.07) is 13.5. The summed E-state index contributed by atoms with van der Waals surface area (Å²) < 4.78 is 13.9. The van der Waals surface area contributed by atoms with Gasteiger partial charge in [-0.15, -0.1) is 0 Å². The van der Waals surface area contributed by atoms with E-state index in [9.17, 15) is 9.18 Å². The molecule has 0 aliphatic heterocycles. The van der Waals surface area contributed by atoms with Crippen LogP contribution in [0.2, 0.25) is 0 Å². The Balaban J connectivity index is 2.00. The highest BCUT2D eigenvalue weighted by molar-refractivity contribution is 14.1. The lowest BCUT2D eigenvalue weighted by Crippen LogP contribution is -2.17. The zero-order valence-electron chi connectivity index (χ0n) is 12.9. The van der Waals surface area contributed by atoms with Crippen LogP contribution in [0.4, 0.5) is 10.1 Å². The Morgan fingerprint density at radius 3 is 2.62 bits per heavy atom. The number of nitriles is 1. The number of anilines is 1. The molecule has 0 aromatic heterocycles. The molecule has 6 heteroatoms. The summed E-state index contributed by atoms with van der Waals surface area (Å²) in [5.74, 6) is -0.785. The molecule has 0 atom stereocenters. The first-order chi connectivity index (χ1) is 11.5. The average Bonchev–Trinajstić information content (AvgIpc) is 2.56. The van der Waals surface area contributed by atoms with Crippen LogP contribution in [0.5, 0.6) is 0 Å². The number of halogens is 2. The third-order valence-electron chi connectivity index (χ3n) is 3.27. The van der Waals surface area contributed by atoms with E-state index in [1.165, 1.54) is 18.3 Å². The summed E-state index contributed by atoms with van der Waals surface area (Å²) in [7, 11) is 0.